The lowest BCUT2D eigenvalue weighted by Gasteiger charge is -2.20. The van der Waals surface area contributed by atoms with E-state index in [4.69, 9.17) is 31.3 Å². The van der Waals surface area contributed by atoms with E-state index in [0.717, 1.165) is 0 Å². The van der Waals surface area contributed by atoms with Crippen LogP contribution in [0, 0.1) is 0 Å². The molecule has 5 N–H and O–H groups in total. The van der Waals surface area contributed by atoms with Crippen LogP contribution in [0.15, 0.2) is 11.1 Å². The van der Waals surface area contributed by atoms with E-state index in [1.54, 1.807) is 0 Å². The van der Waals surface area contributed by atoms with Gasteiger partial charge in [-0.1, -0.05) is 0 Å². The Labute approximate surface area is 140 Å². The number of rotatable bonds is 5. The summed E-state index contributed by atoms with van der Waals surface area (Å²) in [5.74, 6) is -0.0519. The first-order valence-corrected chi connectivity index (χ1v) is 9.49. The molecular weight excluding hydrogens is 361 g/mol. The van der Waals surface area contributed by atoms with Crippen LogP contribution in [0.25, 0.3) is 11.2 Å². The number of nitrogen functional groups attached to an aromatic ring is 1. The number of H-pyrrole nitrogens is 1. The number of ether oxygens (including phenoxy) is 1. The van der Waals surface area contributed by atoms with Gasteiger partial charge in [-0.2, -0.15) is 4.98 Å². The summed E-state index contributed by atoms with van der Waals surface area (Å²) in [7, 11) is 1.24. The number of imidazole rings is 1. The second-order valence-electron chi connectivity index (χ2n) is 5.12. The number of anilines is 1. The van der Waals surface area contributed by atoms with Crippen molar-refractivity contribution in [3.63, 3.8) is 0 Å². The number of aliphatic hydroxyl groups excluding tert-OH is 1. The maximum absolute atomic E-state index is 11.8. The van der Waals surface area contributed by atoms with Gasteiger partial charge in [0.25, 0.3) is 5.56 Å². The van der Waals surface area contributed by atoms with Crippen LogP contribution in [-0.4, -0.2) is 55.4 Å². The molecule has 24 heavy (non-hydrogen) atoms. The summed E-state index contributed by atoms with van der Waals surface area (Å²) in [5, 5.41) is 9.46. The molecule has 132 valence electrons. The first-order chi connectivity index (χ1) is 11.3. The second-order valence-corrected chi connectivity index (χ2v) is 8.02. The number of hydrogen-bond donors (Lipinski definition) is 4. The van der Waals surface area contributed by atoms with Crippen molar-refractivity contribution in [1.29, 1.82) is 0 Å². The molecule has 2 aromatic rings. The highest BCUT2D eigenvalue weighted by Crippen LogP contribution is 2.47. The average molecular weight is 377 g/mol. The Balaban J connectivity index is 1.91. The Hall–Kier alpha value is -1.40. The first kappa shape index (κ1) is 17.4. The summed E-state index contributed by atoms with van der Waals surface area (Å²) in [6.45, 7) is -3.76. The highest BCUT2D eigenvalue weighted by Gasteiger charge is 2.40. The molecule has 1 fully saturated rings. The largest absolute Gasteiger partial charge is 0.394 e. The standard InChI is InChI=1S/C11H16N5O6PS/c1-20-23(19,24)22-5-2-7(21-6(5)3-17)16-4-13-8-9(16)14-11(12)15-10(8)18/h4-7,17H,2-3H2,1H3,(H,19,24)(H3,12,14,15,18)/t5?,6-,7-,23?/m1/s1. The predicted molar refractivity (Wildman–Crippen MR) is 86.6 cm³/mol. The number of hydrogen-bond acceptors (Lipinski definition) is 9. The molecule has 0 spiro atoms. The van der Waals surface area contributed by atoms with Crippen LogP contribution in [0.2, 0.25) is 0 Å². The number of aromatic amines is 1. The monoisotopic (exact) mass is 377 g/mol. The molecule has 13 heteroatoms. The number of fused-ring (bicyclic) bond motifs is 1. The van der Waals surface area contributed by atoms with Gasteiger partial charge in [-0.05, 0) is 11.8 Å². The molecule has 1 saturated heterocycles. The normalized spacial score (nSPS) is 26.7. The summed E-state index contributed by atoms with van der Waals surface area (Å²) in [5.41, 5.74) is 5.45. The minimum absolute atomic E-state index is 0.0519. The minimum Gasteiger partial charge on any atom is -0.394 e. The topological polar surface area (TPSA) is 158 Å². The Morgan fingerprint density at radius 1 is 1.67 bits per heavy atom. The van der Waals surface area contributed by atoms with Crippen molar-refractivity contribution in [3.8, 4) is 0 Å². The molecule has 0 saturated carbocycles. The van der Waals surface area contributed by atoms with E-state index < -0.39 is 30.7 Å². The van der Waals surface area contributed by atoms with E-state index in [2.05, 4.69) is 15.0 Å². The molecule has 3 rings (SSSR count). The lowest BCUT2D eigenvalue weighted by atomic mass is 10.2. The van der Waals surface area contributed by atoms with Gasteiger partial charge < -0.3 is 29.5 Å². The SMILES string of the molecule is COP(O)(=S)OC1C[C@H](n2cnc3c(=O)[nH]c(N)nc32)O[C@@H]1CO. The van der Waals surface area contributed by atoms with Crippen LogP contribution in [0.5, 0.6) is 0 Å². The molecule has 0 bridgehead atoms. The third-order valence-electron chi connectivity index (χ3n) is 3.62. The Morgan fingerprint density at radius 3 is 3.08 bits per heavy atom. The van der Waals surface area contributed by atoms with E-state index in [1.165, 1.54) is 18.0 Å². The fraction of sp³-hybridized carbons (Fsp3) is 0.545. The lowest BCUT2D eigenvalue weighted by molar-refractivity contribution is -0.0410. The van der Waals surface area contributed by atoms with Crippen LogP contribution in [-0.2, 0) is 25.6 Å². The van der Waals surface area contributed by atoms with Gasteiger partial charge in [0.1, 0.15) is 12.3 Å². The van der Waals surface area contributed by atoms with Crippen molar-refractivity contribution in [2.24, 2.45) is 0 Å². The number of aromatic nitrogens is 4. The van der Waals surface area contributed by atoms with E-state index in [9.17, 15) is 14.8 Å². The smallest absolute Gasteiger partial charge is 0.324 e. The van der Waals surface area contributed by atoms with Gasteiger partial charge in [0.05, 0.1) is 19.0 Å². The van der Waals surface area contributed by atoms with Gasteiger partial charge in [-0.25, -0.2) is 4.98 Å². The maximum atomic E-state index is 11.8. The van der Waals surface area contributed by atoms with Gasteiger partial charge in [0.15, 0.2) is 11.2 Å². The average Bonchev–Trinajstić information content (AvgIpc) is 3.10. The third kappa shape index (κ3) is 3.22. The number of aliphatic hydroxyl groups is 1. The van der Waals surface area contributed by atoms with Crippen molar-refractivity contribution >= 4 is 35.6 Å². The van der Waals surface area contributed by atoms with Crippen molar-refractivity contribution in [1.82, 2.24) is 19.5 Å². The van der Waals surface area contributed by atoms with Crippen LogP contribution < -0.4 is 11.3 Å². The van der Waals surface area contributed by atoms with Crippen LogP contribution in [0.4, 0.5) is 5.95 Å². The Bertz CT molecular complexity index is 855. The summed E-state index contributed by atoms with van der Waals surface area (Å²) in [6.07, 6.45) is -0.409. The van der Waals surface area contributed by atoms with Gasteiger partial charge in [0.2, 0.25) is 5.95 Å². The fourth-order valence-corrected chi connectivity index (χ4v) is 3.50. The number of nitrogens with two attached hydrogens (primary N) is 1. The summed E-state index contributed by atoms with van der Waals surface area (Å²) >= 11 is 4.82. The number of nitrogens with zero attached hydrogens (tertiary/aromatic N) is 3. The molecule has 2 unspecified atom stereocenters. The lowest BCUT2D eigenvalue weighted by Crippen LogP contribution is -2.27. The van der Waals surface area contributed by atoms with E-state index in [-0.39, 0.29) is 30.1 Å². The molecule has 11 nitrogen and oxygen atoms in total. The van der Waals surface area contributed by atoms with Crippen molar-refractivity contribution < 1.29 is 23.8 Å². The van der Waals surface area contributed by atoms with Crippen LogP contribution in [0.1, 0.15) is 12.6 Å². The highest BCUT2D eigenvalue weighted by molar-refractivity contribution is 8.07. The van der Waals surface area contributed by atoms with Crippen LogP contribution in [0.3, 0.4) is 0 Å². The molecule has 1 aliphatic heterocycles. The molecule has 1 aliphatic rings. The summed E-state index contributed by atoms with van der Waals surface area (Å²) in [4.78, 5) is 32.0. The highest BCUT2D eigenvalue weighted by atomic mass is 32.5. The summed E-state index contributed by atoms with van der Waals surface area (Å²) in [6, 6.07) is 0. The molecule has 3 heterocycles. The molecule has 2 aromatic heterocycles. The number of nitrogens with one attached hydrogen (secondary N) is 1. The molecule has 0 aliphatic carbocycles. The molecule has 0 aromatic carbocycles. The van der Waals surface area contributed by atoms with Crippen molar-refractivity contribution in [3.05, 3.63) is 16.7 Å². The third-order valence-corrected chi connectivity index (χ3v) is 5.32. The van der Waals surface area contributed by atoms with E-state index >= 15 is 0 Å². The molecule has 4 atom stereocenters. The first-order valence-electron chi connectivity index (χ1n) is 6.90. The zero-order valence-electron chi connectivity index (χ0n) is 12.5. The van der Waals surface area contributed by atoms with Crippen molar-refractivity contribution in [2.75, 3.05) is 19.5 Å². The minimum atomic E-state index is -3.41. The summed E-state index contributed by atoms with van der Waals surface area (Å²) < 4.78 is 17.3. The second kappa shape index (κ2) is 6.48. The maximum Gasteiger partial charge on any atom is 0.324 e. The van der Waals surface area contributed by atoms with Crippen molar-refractivity contribution in [2.45, 2.75) is 24.9 Å². The Morgan fingerprint density at radius 2 is 2.42 bits per heavy atom. The van der Waals surface area contributed by atoms with E-state index in [0.29, 0.717) is 0 Å². The quantitative estimate of drug-likeness (QED) is 0.488. The van der Waals surface area contributed by atoms with Crippen LogP contribution >= 0.6 is 6.72 Å². The zero-order valence-corrected chi connectivity index (χ0v) is 14.2. The molecular formula is C11H16N5O6PS. The van der Waals surface area contributed by atoms with Gasteiger partial charge in [-0.3, -0.25) is 14.3 Å². The van der Waals surface area contributed by atoms with Gasteiger partial charge >= 0.3 is 6.72 Å². The fourth-order valence-electron chi connectivity index (χ4n) is 2.51. The molecule has 0 radical (unpaired) electrons. The predicted octanol–water partition coefficient (Wildman–Crippen LogP) is -0.770. The van der Waals surface area contributed by atoms with Gasteiger partial charge in [0, 0.05) is 13.5 Å². The van der Waals surface area contributed by atoms with Gasteiger partial charge in [-0.15, -0.1) is 0 Å². The Kier molecular flexibility index (Phi) is 4.71. The zero-order chi connectivity index (χ0) is 17.5. The van der Waals surface area contributed by atoms with E-state index in [1.807, 2.05) is 0 Å². The molecule has 0 amide bonds.